The first-order chi connectivity index (χ1) is 6.70. The standard InChI is InChI=1S/C11H9NOS/c1-7-4-9-5-10(13)8(2-3-12)6-11(9)14-7/h4-6,13H,2H2,1H3. The van der Waals surface area contributed by atoms with E-state index in [1.165, 1.54) is 4.88 Å². The smallest absolute Gasteiger partial charge is 0.120 e. The number of phenolic OH excluding ortho intramolecular Hbond substituents is 1. The first kappa shape index (κ1) is 9.04. The van der Waals surface area contributed by atoms with Crippen molar-refractivity contribution >= 4 is 21.4 Å². The third-order valence-electron chi connectivity index (χ3n) is 2.11. The molecule has 0 aliphatic carbocycles. The molecule has 70 valence electrons. The fourth-order valence-corrected chi connectivity index (χ4v) is 2.45. The first-order valence-corrected chi connectivity index (χ1v) is 5.11. The van der Waals surface area contributed by atoms with Crippen molar-refractivity contribution in [3.63, 3.8) is 0 Å². The number of phenols is 1. The fraction of sp³-hybridized carbons (Fsp3) is 0.182. The summed E-state index contributed by atoms with van der Waals surface area (Å²) >= 11 is 1.68. The highest BCUT2D eigenvalue weighted by Crippen LogP contribution is 2.31. The second-order valence-electron chi connectivity index (χ2n) is 3.21. The molecule has 2 rings (SSSR count). The number of hydrogen-bond acceptors (Lipinski definition) is 3. The number of aromatic hydroxyl groups is 1. The normalized spacial score (nSPS) is 10.3. The van der Waals surface area contributed by atoms with Crippen LogP contribution >= 0.6 is 11.3 Å². The molecule has 0 atom stereocenters. The molecule has 0 aliphatic rings. The molecule has 0 aliphatic heterocycles. The third-order valence-corrected chi connectivity index (χ3v) is 3.12. The molecule has 0 bridgehead atoms. The zero-order valence-corrected chi connectivity index (χ0v) is 8.56. The minimum absolute atomic E-state index is 0.219. The highest BCUT2D eigenvalue weighted by Gasteiger charge is 2.05. The number of benzene rings is 1. The minimum atomic E-state index is 0.219. The van der Waals surface area contributed by atoms with Crippen LogP contribution in [0, 0.1) is 18.3 Å². The van der Waals surface area contributed by atoms with Gasteiger partial charge in [0, 0.05) is 15.1 Å². The van der Waals surface area contributed by atoms with Gasteiger partial charge in [-0.3, -0.25) is 0 Å². The molecule has 0 fully saturated rings. The molecule has 0 saturated heterocycles. The molecular weight excluding hydrogens is 194 g/mol. The van der Waals surface area contributed by atoms with Crippen LogP contribution in [0.4, 0.5) is 0 Å². The van der Waals surface area contributed by atoms with E-state index in [0.29, 0.717) is 5.56 Å². The van der Waals surface area contributed by atoms with Crippen LogP contribution in [-0.4, -0.2) is 5.11 Å². The SMILES string of the molecule is Cc1cc2cc(O)c(CC#N)cc2s1. The summed E-state index contributed by atoms with van der Waals surface area (Å²) in [5.41, 5.74) is 0.710. The Morgan fingerprint density at radius 2 is 2.21 bits per heavy atom. The lowest BCUT2D eigenvalue weighted by Crippen LogP contribution is -1.81. The Bertz CT molecular complexity index is 522. The number of thiophene rings is 1. The van der Waals surface area contributed by atoms with E-state index in [1.54, 1.807) is 17.4 Å². The predicted octanol–water partition coefficient (Wildman–Crippen LogP) is 2.98. The Morgan fingerprint density at radius 3 is 2.93 bits per heavy atom. The zero-order valence-electron chi connectivity index (χ0n) is 7.74. The summed E-state index contributed by atoms with van der Waals surface area (Å²) in [4.78, 5) is 1.22. The molecule has 2 nitrogen and oxygen atoms in total. The van der Waals surface area contributed by atoms with Crippen molar-refractivity contribution in [1.82, 2.24) is 0 Å². The lowest BCUT2D eigenvalue weighted by molar-refractivity contribution is 0.471. The van der Waals surface area contributed by atoms with E-state index in [4.69, 9.17) is 5.26 Å². The van der Waals surface area contributed by atoms with E-state index in [1.807, 2.05) is 25.1 Å². The molecule has 1 aromatic heterocycles. The summed E-state index contributed by atoms with van der Waals surface area (Å²) in [7, 11) is 0. The number of hydrogen-bond donors (Lipinski definition) is 1. The Morgan fingerprint density at radius 1 is 1.43 bits per heavy atom. The molecule has 3 heteroatoms. The summed E-state index contributed by atoms with van der Waals surface area (Å²) in [5, 5.41) is 19.2. The molecule has 0 spiro atoms. The summed E-state index contributed by atoms with van der Waals surface area (Å²) in [6.45, 7) is 2.03. The Labute approximate surface area is 86.0 Å². The molecule has 0 radical (unpaired) electrons. The van der Waals surface area contributed by atoms with Gasteiger partial charge in [-0.15, -0.1) is 11.3 Å². The average molecular weight is 203 g/mol. The van der Waals surface area contributed by atoms with E-state index in [-0.39, 0.29) is 12.2 Å². The van der Waals surface area contributed by atoms with Gasteiger partial charge in [-0.05, 0) is 30.5 Å². The lowest BCUT2D eigenvalue weighted by Gasteiger charge is -1.99. The molecule has 0 unspecified atom stereocenters. The second kappa shape index (κ2) is 3.32. The van der Waals surface area contributed by atoms with Crippen LogP contribution in [-0.2, 0) is 6.42 Å². The summed E-state index contributed by atoms with van der Waals surface area (Å²) in [5.74, 6) is 0.219. The first-order valence-electron chi connectivity index (χ1n) is 4.29. The van der Waals surface area contributed by atoms with E-state index < -0.39 is 0 Å². The van der Waals surface area contributed by atoms with Crippen LogP contribution in [0.1, 0.15) is 10.4 Å². The Balaban J connectivity index is 2.65. The number of fused-ring (bicyclic) bond motifs is 1. The van der Waals surface area contributed by atoms with Crippen molar-refractivity contribution in [3.05, 3.63) is 28.6 Å². The van der Waals surface area contributed by atoms with Crippen LogP contribution in [0.3, 0.4) is 0 Å². The highest BCUT2D eigenvalue weighted by atomic mass is 32.1. The molecule has 0 saturated carbocycles. The number of rotatable bonds is 1. The molecule has 1 aromatic carbocycles. The number of aryl methyl sites for hydroxylation is 1. The Hall–Kier alpha value is -1.53. The van der Waals surface area contributed by atoms with Crippen LogP contribution < -0.4 is 0 Å². The maximum absolute atomic E-state index is 9.60. The molecular formula is C11H9NOS. The molecule has 14 heavy (non-hydrogen) atoms. The van der Waals surface area contributed by atoms with E-state index >= 15 is 0 Å². The van der Waals surface area contributed by atoms with Gasteiger partial charge in [0.25, 0.3) is 0 Å². The van der Waals surface area contributed by atoms with Crippen molar-refractivity contribution in [2.75, 3.05) is 0 Å². The average Bonchev–Trinajstić information content (AvgIpc) is 2.45. The van der Waals surface area contributed by atoms with Gasteiger partial charge >= 0.3 is 0 Å². The predicted molar refractivity (Wildman–Crippen MR) is 57.5 cm³/mol. The Kier molecular flexibility index (Phi) is 2.14. The lowest BCUT2D eigenvalue weighted by atomic mass is 10.1. The van der Waals surface area contributed by atoms with Gasteiger partial charge < -0.3 is 5.11 Å². The van der Waals surface area contributed by atoms with Gasteiger partial charge in [-0.2, -0.15) is 5.26 Å². The summed E-state index contributed by atoms with van der Waals surface area (Å²) < 4.78 is 1.13. The maximum Gasteiger partial charge on any atom is 0.120 e. The summed E-state index contributed by atoms with van der Waals surface area (Å²) in [6.07, 6.45) is 0.263. The molecule has 0 amide bonds. The molecule has 1 N–H and O–H groups in total. The van der Waals surface area contributed by atoms with Gasteiger partial charge in [-0.25, -0.2) is 0 Å². The van der Waals surface area contributed by atoms with Crippen LogP contribution in [0.5, 0.6) is 5.75 Å². The topological polar surface area (TPSA) is 44.0 Å². The van der Waals surface area contributed by atoms with Crippen molar-refractivity contribution in [3.8, 4) is 11.8 Å². The third kappa shape index (κ3) is 1.45. The fourth-order valence-electron chi connectivity index (χ4n) is 1.48. The quantitative estimate of drug-likeness (QED) is 0.774. The van der Waals surface area contributed by atoms with Crippen LogP contribution in [0.2, 0.25) is 0 Å². The van der Waals surface area contributed by atoms with Crippen LogP contribution in [0.25, 0.3) is 10.1 Å². The number of nitriles is 1. The van der Waals surface area contributed by atoms with Crippen molar-refractivity contribution in [2.45, 2.75) is 13.3 Å². The van der Waals surface area contributed by atoms with E-state index in [9.17, 15) is 5.11 Å². The summed E-state index contributed by atoms with van der Waals surface area (Å²) in [6, 6.07) is 7.70. The van der Waals surface area contributed by atoms with Crippen LogP contribution in [0.15, 0.2) is 18.2 Å². The van der Waals surface area contributed by atoms with Crippen molar-refractivity contribution in [2.24, 2.45) is 0 Å². The van der Waals surface area contributed by atoms with Gasteiger partial charge in [0.2, 0.25) is 0 Å². The van der Waals surface area contributed by atoms with Gasteiger partial charge in [0.15, 0.2) is 0 Å². The minimum Gasteiger partial charge on any atom is -0.508 e. The highest BCUT2D eigenvalue weighted by molar-refractivity contribution is 7.19. The molecule has 2 aromatic rings. The van der Waals surface area contributed by atoms with Gasteiger partial charge in [0.1, 0.15) is 5.75 Å². The second-order valence-corrected chi connectivity index (χ2v) is 4.50. The van der Waals surface area contributed by atoms with Crippen molar-refractivity contribution in [1.29, 1.82) is 5.26 Å². The van der Waals surface area contributed by atoms with Gasteiger partial charge in [-0.1, -0.05) is 0 Å². The molecule has 1 heterocycles. The number of nitrogens with zero attached hydrogens (tertiary/aromatic N) is 1. The van der Waals surface area contributed by atoms with Crippen molar-refractivity contribution < 1.29 is 5.11 Å². The van der Waals surface area contributed by atoms with Gasteiger partial charge in [0.05, 0.1) is 12.5 Å². The van der Waals surface area contributed by atoms with E-state index in [0.717, 1.165) is 10.1 Å². The van der Waals surface area contributed by atoms with E-state index in [2.05, 4.69) is 0 Å². The maximum atomic E-state index is 9.60. The monoisotopic (exact) mass is 203 g/mol. The largest absolute Gasteiger partial charge is 0.508 e. The zero-order chi connectivity index (χ0) is 10.1.